The van der Waals surface area contributed by atoms with E-state index in [-0.39, 0.29) is 17.7 Å². The molecule has 0 aromatic heterocycles. The summed E-state index contributed by atoms with van der Waals surface area (Å²) in [5, 5.41) is 2.04. The zero-order chi connectivity index (χ0) is 23.5. The van der Waals surface area contributed by atoms with Gasteiger partial charge < -0.3 is 4.74 Å². The Morgan fingerprint density at radius 3 is 2.44 bits per heavy atom. The lowest BCUT2D eigenvalue weighted by atomic mass is 10.1. The van der Waals surface area contributed by atoms with E-state index in [0.29, 0.717) is 17.3 Å². The quantitative estimate of drug-likeness (QED) is 0.244. The Labute approximate surface area is 210 Å². The highest BCUT2D eigenvalue weighted by molar-refractivity contribution is 9.10. The van der Waals surface area contributed by atoms with Crippen LogP contribution in [0.25, 0.3) is 16.8 Å². The summed E-state index contributed by atoms with van der Waals surface area (Å²) in [6.45, 7) is 0.645. The highest BCUT2D eigenvalue weighted by Gasteiger charge is 2.35. The Kier molecular flexibility index (Phi) is 6.52. The van der Waals surface area contributed by atoms with Gasteiger partial charge in [0.05, 0.1) is 11.4 Å². The molecule has 0 unspecified atom stereocenters. The van der Waals surface area contributed by atoms with Crippen molar-refractivity contribution >= 4 is 55.7 Å². The van der Waals surface area contributed by atoms with E-state index in [9.17, 15) is 9.59 Å². The zero-order valence-corrected chi connectivity index (χ0v) is 20.5. The van der Waals surface area contributed by atoms with Crippen LogP contribution in [0.5, 0.6) is 5.75 Å². The number of imide groups is 1. The number of fused-ring (bicyclic) bond motifs is 1. The van der Waals surface area contributed by atoms with Gasteiger partial charge in [0, 0.05) is 10.0 Å². The molecule has 0 radical (unpaired) electrons. The van der Waals surface area contributed by atoms with Gasteiger partial charge >= 0.3 is 0 Å². The van der Waals surface area contributed by atoms with Gasteiger partial charge in [-0.25, -0.2) is 0 Å². The van der Waals surface area contributed by atoms with Crippen LogP contribution in [-0.4, -0.2) is 16.0 Å². The number of carbonyl (C=O) groups is 2. The maximum Gasteiger partial charge on any atom is 0.293 e. The van der Waals surface area contributed by atoms with Gasteiger partial charge in [0.1, 0.15) is 12.4 Å². The first-order valence-electron chi connectivity index (χ1n) is 10.8. The van der Waals surface area contributed by atoms with Crippen molar-refractivity contribution in [1.29, 1.82) is 0 Å². The number of benzene rings is 4. The Balaban J connectivity index is 1.35. The lowest BCUT2D eigenvalue weighted by Gasteiger charge is -2.13. The number of nitrogens with zero attached hydrogens (tertiary/aromatic N) is 1. The third kappa shape index (κ3) is 4.79. The van der Waals surface area contributed by atoms with E-state index in [2.05, 4.69) is 40.2 Å². The Morgan fingerprint density at radius 2 is 1.59 bits per heavy atom. The topological polar surface area (TPSA) is 46.6 Å². The SMILES string of the molecule is O=C1S/C(=C\c2ccccc2OCc2cccc3ccccc23)C(=O)N1Cc1ccc(Br)cc1. The van der Waals surface area contributed by atoms with Gasteiger partial charge in [-0.05, 0) is 57.9 Å². The second-order valence-corrected chi connectivity index (χ2v) is 9.77. The monoisotopic (exact) mass is 529 g/mol. The Morgan fingerprint density at radius 1 is 0.853 bits per heavy atom. The molecule has 0 saturated carbocycles. The standard InChI is InChI=1S/C28H20BrNO3S/c29-23-14-12-19(13-15-23)17-30-27(31)26(34-28(30)32)16-21-7-2-4-11-25(21)33-18-22-9-5-8-20-6-1-3-10-24(20)22/h1-16H,17-18H2/b26-16-. The predicted molar refractivity (Wildman–Crippen MR) is 140 cm³/mol. The number of amides is 2. The molecule has 4 aromatic carbocycles. The van der Waals surface area contributed by atoms with Crippen molar-refractivity contribution in [2.45, 2.75) is 13.2 Å². The van der Waals surface area contributed by atoms with Crippen LogP contribution in [0.15, 0.2) is 100 Å². The molecule has 0 bridgehead atoms. The summed E-state index contributed by atoms with van der Waals surface area (Å²) < 4.78 is 7.12. The highest BCUT2D eigenvalue weighted by atomic mass is 79.9. The molecule has 0 spiro atoms. The molecule has 1 saturated heterocycles. The van der Waals surface area contributed by atoms with Crippen LogP contribution < -0.4 is 4.74 Å². The molecule has 168 valence electrons. The molecule has 0 aliphatic carbocycles. The summed E-state index contributed by atoms with van der Waals surface area (Å²) in [7, 11) is 0. The third-order valence-corrected chi connectivity index (χ3v) is 7.03. The molecule has 0 atom stereocenters. The predicted octanol–water partition coefficient (Wildman–Crippen LogP) is 7.42. The van der Waals surface area contributed by atoms with E-state index >= 15 is 0 Å². The summed E-state index contributed by atoms with van der Waals surface area (Å²) in [5.41, 5.74) is 2.74. The zero-order valence-electron chi connectivity index (χ0n) is 18.1. The molecule has 0 N–H and O–H groups in total. The number of rotatable bonds is 6. The normalized spacial score (nSPS) is 14.9. The van der Waals surface area contributed by atoms with E-state index in [4.69, 9.17) is 4.74 Å². The fourth-order valence-electron chi connectivity index (χ4n) is 3.85. The molecular formula is C28H20BrNO3S. The van der Waals surface area contributed by atoms with Gasteiger partial charge in [0.15, 0.2) is 0 Å². The molecule has 34 heavy (non-hydrogen) atoms. The molecule has 1 fully saturated rings. The molecule has 2 amide bonds. The lowest BCUT2D eigenvalue weighted by Crippen LogP contribution is -2.27. The summed E-state index contributed by atoms with van der Waals surface area (Å²) >= 11 is 4.36. The van der Waals surface area contributed by atoms with E-state index in [1.165, 1.54) is 4.90 Å². The summed E-state index contributed by atoms with van der Waals surface area (Å²) in [4.78, 5) is 27.2. The van der Waals surface area contributed by atoms with E-state index in [1.807, 2.05) is 66.7 Å². The summed E-state index contributed by atoms with van der Waals surface area (Å²) in [6, 6.07) is 29.5. The highest BCUT2D eigenvalue weighted by Crippen LogP contribution is 2.35. The van der Waals surface area contributed by atoms with Gasteiger partial charge in [-0.15, -0.1) is 0 Å². The number of ether oxygens (including phenoxy) is 1. The van der Waals surface area contributed by atoms with Crippen LogP contribution in [0.2, 0.25) is 0 Å². The van der Waals surface area contributed by atoms with Crippen LogP contribution in [0.4, 0.5) is 4.79 Å². The van der Waals surface area contributed by atoms with Gasteiger partial charge in [-0.1, -0.05) is 88.7 Å². The van der Waals surface area contributed by atoms with Gasteiger partial charge in [-0.3, -0.25) is 14.5 Å². The van der Waals surface area contributed by atoms with Crippen molar-refractivity contribution in [1.82, 2.24) is 4.90 Å². The largest absolute Gasteiger partial charge is 0.488 e. The number of carbonyl (C=O) groups excluding carboxylic acids is 2. The molecule has 4 nitrogen and oxygen atoms in total. The summed E-state index contributed by atoms with van der Waals surface area (Å²) in [6.07, 6.45) is 1.74. The first-order chi connectivity index (χ1) is 16.6. The van der Waals surface area contributed by atoms with E-state index in [1.54, 1.807) is 6.08 Å². The molecule has 4 aromatic rings. The number of para-hydroxylation sites is 1. The molecular weight excluding hydrogens is 510 g/mol. The minimum atomic E-state index is -0.290. The van der Waals surface area contributed by atoms with Crippen LogP contribution in [0, 0.1) is 0 Å². The van der Waals surface area contributed by atoms with Crippen molar-refractivity contribution in [3.05, 3.63) is 117 Å². The van der Waals surface area contributed by atoms with Gasteiger partial charge in [-0.2, -0.15) is 0 Å². The third-order valence-electron chi connectivity index (χ3n) is 5.60. The van der Waals surface area contributed by atoms with Crippen molar-refractivity contribution in [3.8, 4) is 5.75 Å². The minimum Gasteiger partial charge on any atom is -0.488 e. The smallest absolute Gasteiger partial charge is 0.293 e. The average molecular weight is 530 g/mol. The first-order valence-corrected chi connectivity index (χ1v) is 12.4. The van der Waals surface area contributed by atoms with Gasteiger partial charge in [0.2, 0.25) is 0 Å². The number of halogens is 1. The minimum absolute atomic E-state index is 0.245. The second kappa shape index (κ2) is 9.87. The van der Waals surface area contributed by atoms with Crippen molar-refractivity contribution in [2.75, 3.05) is 0 Å². The second-order valence-electron chi connectivity index (χ2n) is 7.86. The number of hydrogen-bond acceptors (Lipinski definition) is 4. The Hall–Kier alpha value is -3.35. The van der Waals surface area contributed by atoms with E-state index < -0.39 is 0 Å². The first kappa shape index (κ1) is 22.4. The maximum absolute atomic E-state index is 13.0. The molecule has 5 rings (SSSR count). The fraction of sp³-hybridized carbons (Fsp3) is 0.0714. The van der Waals surface area contributed by atoms with Crippen molar-refractivity contribution in [3.63, 3.8) is 0 Å². The fourth-order valence-corrected chi connectivity index (χ4v) is 4.95. The van der Waals surface area contributed by atoms with Crippen LogP contribution >= 0.6 is 27.7 Å². The average Bonchev–Trinajstić information content (AvgIpc) is 3.12. The number of thioether (sulfide) groups is 1. The van der Waals surface area contributed by atoms with Crippen LogP contribution in [0.1, 0.15) is 16.7 Å². The van der Waals surface area contributed by atoms with Crippen LogP contribution in [0.3, 0.4) is 0 Å². The number of hydrogen-bond donors (Lipinski definition) is 0. The molecule has 1 aliphatic rings. The van der Waals surface area contributed by atoms with Crippen molar-refractivity contribution < 1.29 is 14.3 Å². The lowest BCUT2D eigenvalue weighted by molar-refractivity contribution is -0.123. The van der Waals surface area contributed by atoms with Crippen LogP contribution in [-0.2, 0) is 17.9 Å². The maximum atomic E-state index is 13.0. The van der Waals surface area contributed by atoms with Gasteiger partial charge in [0.25, 0.3) is 11.1 Å². The van der Waals surface area contributed by atoms with E-state index in [0.717, 1.165) is 43.7 Å². The summed E-state index contributed by atoms with van der Waals surface area (Å²) in [5.74, 6) is 0.372. The van der Waals surface area contributed by atoms with Crippen molar-refractivity contribution in [2.24, 2.45) is 0 Å². The molecule has 6 heteroatoms. The molecule has 1 aliphatic heterocycles. The Bertz CT molecular complexity index is 1410. The molecule has 1 heterocycles.